The second-order valence-corrected chi connectivity index (χ2v) is 5.33. The van der Waals surface area contributed by atoms with Crippen molar-refractivity contribution in [2.75, 3.05) is 5.32 Å². The maximum atomic E-state index is 11.8. The summed E-state index contributed by atoms with van der Waals surface area (Å²) >= 11 is 1.20. The highest BCUT2D eigenvalue weighted by Gasteiger charge is 2.14. The predicted octanol–water partition coefficient (Wildman–Crippen LogP) is 2.29. The van der Waals surface area contributed by atoms with Gasteiger partial charge in [0.25, 0.3) is 0 Å². The van der Waals surface area contributed by atoms with Gasteiger partial charge in [0.1, 0.15) is 5.00 Å². The number of anilines is 1. The number of rotatable bonds is 5. The standard InChI is InChI=1S/C13H15N3O3S/c1-8-7-9(2)16(15-8)5-3-11(17)14-12-10(13(18)19)4-6-20-12/h4,6-7H,3,5H2,1-2H3,(H,14,17)(H,18,19). The Hall–Kier alpha value is -2.15. The van der Waals surface area contributed by atoms with Crippen molar-refractivity contribution >= 4 is 28.2 Å². The quantitative estimate of drug-likeness (QED) is 0.885. The van der Waals surface area contributed by atoms with Gasteiger partial charge in [-0.3, -0.25) is 9.48 Å². The van der Waals surface area contributed by atoms with Crippen molar-refractivity contribution in [2.24, 2.45) is 0 Å². The van der Waals surface area contributed by atoms with Crippen LogP contribution in [0.25, 0.3) is 0 Å². The van der Waals surface area contributed by atoms with Crippen molar-refractivity contribution in [1.82, 2.24) is 9.78 Å². The van der Waals surface area contributed by atoms with E-state index < -0.39 is 5.97 Å². The monoisotopic (exact) mass is 293 g/mol. The highest BCUT2D eigenvalue weighted by molar-refractivity contribution is 7.14. The van der Waals surface area contributed by atoms with E-state index in [-0.39, 0.29) is 17.9 Å². The molecule has 2 heterocycles. The fourth-order valence-corrected chi connectivity index (χ4v) is 2.67. The lowest BCUT2D eigenvalue weighted by Gasteiger charge is -2.06. The van der Waals surface area contributed by atoms with Gasteiger partial charge in [0.05, 0.1) is 11.3 Å². The molecule has 0 aliphatic heterocycles. The van der Waals surface area contributed by atoms with Gasteiger partial charge in [-0.2, -0.15) is 5.10 Å². The van der Waals surface area contributed by atoms with Crippen LogP contribution in [0.15, 0.2) is 17.5 Å². The van der Waals surface area contributed by atoms with Gasteiger partial charge < -0.3 is 10.4 Å². The molecule has 0 unspecified atom stereocenters. The fourth-order valence-electron chi connectivity index (χ4n) is 1.87. The number of carbonyl (C=O) groups is 2. The van der Waals surface area contributed by atoms with Crippen molar-refractivity contribution in [3.05, 3.63) is 34.5 Å². The minimum absolute atomic E-state index is 0.120. The van der Waals surface area contributed by atoms with Crippen LogP contribution in [0.5, 0.6) is 0 Å². The molecule has 0 bridgehead atoms. The predicted molar refractivity (Wildman–Crippen MR) is 76.2 cm³/mol. The number of aryl methyl sites for hydroxylation is 3. The lowest BCUT2D eigenvalue weighted by atomic mass is 10.3. The number of carbonyl (C=O) groups excluding carboxylic acids is 1. The van der Waals surface area contributed by atoms with E-state index in [9.17, 15) is 9.59 Å². The molecule has 0 saturated carbocycles. The Kier molecular flexibility index (Phi) is 4.19. The molecule has 2 aromatic rings. The number of aromatic carboxylic acids is 1. The maximum absolute atomic E-state index is 11.8. The van der Waals surface area contributed by atoms with E-state index in [0.29, 0.717) is 11.5 Å². The van der Waals surface area contributed by atoms with E-state index in [2.05, 4.69) is 10.4 Å². The first kappa shape index (κ1) is 14.3. The van der Waals surface area contributed by atoms with E-state index in [0.717, 1.165) is 11.4 Å². The van der Waals surface area contributed by atoms with Gasteiger partial charge in [-0.15, -0.1) is 11.3 Å². The Balaban J connectivity index is 1.94. The third-order valence-electron chi connectivity index (χ3n) is 2.80. The topological polar surface area (TPSA) is 84.2 Å². The number of thiophene rings is 1. The minimum Gasteiger partial charge on any atom is -0.478 e. The van der Waals surface area contributed by atoms with Gasteiger partial charge in [-0.25, -0.2) is 4.79 Å². The van der Waals surface area contributed by atoms with Crippen LogP contribution in [0.3, 0.4) is 0 Å². The smallest absolute Gasteiger partial charge is 0.338 e. The first-order chi connectivity index (χ1) is 9.47. The van der Waals surface area contributed by atoms with Crippen LogP contribution >= 0.6 is 11.3 Å². The zero-order valence-corrected chi connectivity index (χ0v) is 12.0. The fraction of sp³-hybridized carbons (Fsp3) is 0.308. The minimum atomic E-state index is -1.04. The maximum Gasteiger partial charge on any atom is 0.338 e. The van der Waals surface area contributed by atoms with Crippen molar-refractivity contribution in [1.29, 1.82) is 0 Å². The number of carboxylic acid groups (broad SMARTS) is 1. The molecule has 1 amide bonds. The van der Waals surface area contributed by atoms with Gasteiger partial charge in [-0.1, -0.05) is 0 Å². The molecule has 2 rings (SSSR count). The molecule has 0 atom stereocenters. The van der Waals surface area contributed by atoms with E-state index in [4.69, 9.17) is 5.11 Å². The molecule has 106 valence electrons. The second kappa shape index (κ2) is 5.87. The van der Waals surface area contributed by atoms with Gasteiger partial charge in [0, 0.05) is 18.7 Å². The van der Waals surface area contributed by atoms with Crippen LogP contribution in [-0.2, 0) is 11.3 Å². The molecule has 0 aliphatic rings. The molecule has 0 radical (unpaired) electrons. The van der Waals surface area contributed by atoms with Crippen LogP contribution in [0.1, 0.15) is 28.2 Å². The molecule has 20 heavy (non-hydrogen) atoms. The van der Waals surface area contributed by atoms with Crippen molar-refractivity contribution in [2.45, 2.75) is 26.8 Å². The lowest BCUT2D eigenvalue weighted by molar-refractivity contribution is -0.116. The third-order valence-corrected chi connectivity index (χ3v) is 3.63. The number of aromatic nitrogens is 2. The molecule has 2 N–H and O–H groups in total. The molecule has 0 spiro atoms. The second-order valence-electron chi connectivity index (χ2n) is 4.42. The summed E-state index contributed by atoms with van der Waals surface area (Å²) in [5, 5.41) is 17.9. The molecule has 0 fully saturated rings. The SMILES string of the molecule is Cc1cc(C)n(CCC(=O)Nc2sccc2C(=O)O)n1. The van der Waals surface area contributed by atoms with E-state index in [1.54, 1.807) is 10.1 Å². The number of hydrogen-bond donors (Lipinski definition) is 2. The van der Waals surface area contributed by atoms with Crippen LogP contribution in [0.2, 0.25) is 0 Å². The summed E-state index contributed by atoms with van der Waals surface area (Å²) in [6.45, 7) is 4.30. The lowest BCUT2D eigenvalue weighted by Crippen LogP contribution is -2.16. The average molecular weight is 293 g/mol. The highest BCUT2D eigenvalue weighted by Crippen LogP contribution is 2.23. The first-order valence-electron chi connectivity index (χ1n) is 6.09. The largest absolute Gasteiger partial charge is 0.478 e. The van der Waals surface area contributed by atoms with Crippen LogP contribution < -0.4 is 5.32 Å². The molecule has 0 aliphatic carbocycles. The summed E-state index contributed by atoms with van der Waals surface area (Å²) in [6, 6.07) is 3.42. The molecule has 7 heteroatoms. The number of nitrogens with one attached hydrogen (secondary N) is 1. The Morgan fingerprint density at radius 3 is 2.80 bits per heavy atom. The number of amides is 1. The van der Waals surface area contributed by atoms with E-state index in [1.807, 2.05) is 19.9 Å². The zero-order valence-electron chi connectivity index (χ0n) is 11.2. The summed E-state index contributed by atoms with van der Waals surface area (Å²) in [5.41, 5.74) is 2.03. The Morgan fingerprint density at radius 1 is 1.45 bits per heavy atom. The Labute approximate surface area is 120 Å². The molecule has 2 aromatic heterocycles. The van der Waals surface area contributed by atoms with Crippen LogP contribution in [0.4, 0.5) is 5.00 Å². The summed E-state index contributed by atoms with van der Waals surface area (Å²) < 4.78 is 1.77. The zero-order chi connectivity index (χ0) is 14.7. The summed E-state index contributed by atoms with van der Waals surface area (Å²) in [7, 11) is 0. The van der Waals surface area contributed by atoms with Gasteiger partial charge in [0.15, 0.2) is 0 Å². The van der Waals surface area contributed by atoms with Crippen molar-refractivity contribution in [3.8, 4) is 0 Å². The molecular formula is C13H15N3O3S. The van der Waals surface area contributed by atoms with E-state index >= 15 is 0 Å². The van der Waals surface area contributed by atoms with Gasteiger partial charge in [-0.05, 0) is 31.4 Å². The number of nitrogens with zero attached hydrogens (tertiary/aromatic N) is 2. The Bertz CT molecular complexity index is 645. The van der Waals surface area contributed by atoms with Crippen LogP contribution in [-0.4, -0.2) is 26.8 Å². The Morgan fingerprint density at radius 2 is 2.20 bits per heavy atom. The molecule has 6 nitrogen and oxygen atoms in total. The molecule has 0 aromatic carbocycles. The third kappa shape index (κ3) is 3.24. The van der Waals surface area contributed by atoms with E-state index in [1.165, 1.54) is 17.4 Å². The first-order valence-corrected chi connectivity index (χ1v) is 6.97. The number of hydrogen-bond acceptors (Lipinski definition) is 4. The number of carboxylic acids is 1. The van der Waals surface area contributed by atoms with Crippen molar-refractivity contribution in [3.63, 3.8) is 0 Å². The van der Waals surface area contributed by atoms with Crippen LogP contribution in [0, 0.1) is 13.8 Å². The summed E-state index contributed by atoms with van der Waals surface area (Å²) in [4.78, 5) is 22.8. The van der Waals surface area contributed by atoms with Gasteiger partial charge >= 0.3 is 5.97 Å². The van der Waals surface area contributed by atoms with Gasteiger partial charge in [0.2, 0.25) is 5.91 Å². The molecular weight excluding hydrogens is 278 g/mol. The summed E-state index contributed by atoms with van der Waals surface area (Å²) in [5.74, 6) is -1.26. The highest BCUT2D eigenvalue weighted by atomic mass is 32.1. The van der Waals surface area contributed by atoms with Crippen molar-refractivity contribution < 1.29 is 14.7 Å². The normalized spacial score (nSPS) is 10.5. The molecule has 0 saturated heterocycles. The average Bonchev–Trinajstić information content (AvgIpc) is 2.93. The summed E-state index contributed by atoms with van der Waals surface area (Å²) in [6.07, 6.45) is 0.249.